The van der Waals surface area contributed by atoms with Gasteiger partial charge >= 0.3 is 0 Å². The van der Waals surface area contributed by atoms with E-state index in [1.807, 2.05) is 0 Å². The predicted octanol–water partition coefficient (Wildman–Crippen LogP) is -1.81. The Bertz CT molecular complexity index is 62.9. The van der Waals surface area contributed by atoms with Crippen LogP contribution < -0.4 is 10.9 Å². The van der Waals surface area contributed by atoms with Crippen LogP contribution in [0, 0.1) is 5.21 Å². The van der Waals surface area contributed by atoms with Gasteiger partial charge in [-0.1, -0.05) is 0 Å². The molecule has 0 aliphatic carbocycles. The highest BCUT2D eigenvalue weighted by Gasteiger charge is 1.97. The fraction of sp³-hybridized carbons (Fsp3) is 1.00. The molecule has 0 saturated heterocycles. The Balaban J connectivity index is 2.95. The standard InChI is InChI=1S/CH7N2O5P/c1-5-9-3(4)7-8-6-2/h3,9H,2H2,1H3. The molecule has 0 amide bonds. The zero-order valence-electron chi connectivity index (χ0n) is 4.62. The van der Waals surface area contributed by atoms with Crippen LogP contribution in [-0.4, -0.2) is 7.11 Å². The van der Waals surface area contributed by atoms with Crippen LogP contribution in [0.3, 0.4) is 0 Å². The van der Waals surface area contributed by atoms with Crippen LogP contribution in [-0.2, 0) is 19.5 Å². The maximum atomic E-state index is 10.2. The van der Waals surface area contributed by atoms with Gasteiger partial charge in [0.25, 0.3) is 8.96 Å². The summed E-state index contributed by atoms with van der Waals surface area (Å²) in [5.41, 5.74) is 0. The van der Waals surface area contributed by atoms with Crippen molar-refractivity contribution in [1.82, 2.24) is 0 Å². The van der Waals surface area contributed by atoms with E-state index in [1.165, 1.54) is 7.11 Å². The fourth-order valence-electron chi connectivity index (χ4n) is 0.151. The summed E-state index contributed by atoms with van der Waals surface area (Å²) in [5, 5.41) is 13.8. The van der Waals surface area contributed by atoms with Gasteiger partial charge in [-0.15, -0.1) is 4.99 Å². The number of quaternary nitrogens is 1. The first-order valence-corrected chi connectivity index (χ1v) is 2.75. The van der Waals surface area contributed by atoms with Crippen LogP contribution in [0.5, 0.6) is 0 Å². The highest BCUT2D eigenvalue weighted by Crippen LogP contribution is 1.92. The van der Waals surface area contributed by atoms with Crippen LogP contribution in [0.15, 0.2) is 0 Å². The fourth-order valence-corrected chi connectivity index (χ4v) is 0.386. The molecule has 7 nitrogen and oxygen atoms in total. The molecule has 8 heteroatoms. The summed E-state index contributed by atoms with van der Waals surface area (Å²) < 4.78 is 4.38. The Morgan fingerprint density at radius 1 is 1.67 bits per heavy atom. The molecule has 0 heterocycles. The minimum absolute atomic E-state index is 0.423. The smallest absolute Gasteiger partial charge is 0.274 e. The maximum absolute atomic E-state index is 10.2. The van der Waals surface area contributed by atoms with E-state index in [0.717, 1.165) is 0 Å². The van der Waals surface area contributed by atoms with Crippen molar-refractivity contribution in [2.24, 2.45) is 5.90 Å². The number of hydrogen-bond donors (Lipinski definition) is 2. The van der Waals surface area contributed by atoms with E-state index in [9.17, 15) is 5.21 Å². The van der Waals surface area contributed by atoms with Crippen LogP contribution in [0.4, 0.5) is 0 Å². The molecule has 0 aliphatic heterocycles. The van der Waals surface area contributed by atoms with E-state index in [4.69, 9.17) is 0 Å². The van der Waals surface area contributed by atoms with Crippen molar-refractivity contribution < 1.29 is 24.5 Å². The predicted molar refractivity (Wildman–Crippen MR) is 27.1 cm³/mol. The second-order valence-corrected chi connectivity index (χ2v) is 1.86. The summed E-state index contributed by atoms with van der Waals surface area (Å²) in [6.45, 7) is 0. The van der Waals surface area contributed by atoms with Gasteiger partial charge < -0.3 is 9.73 Å². The van der Waals surface area contributed by atoms with Crippen LogP contribution in [0.25, 0.3) is 0 Å². The van der Waals surface area contributed by atoms with E-state index >= 15 is 0 Å². The number of hydrogen-bond acceptors (Lipinski definition) is 6. The average Bonchev–Trinajstić information content (AvgIpc) is 1.85. The van der Waals surface area contributed by atoms with Gasteiger partial charge in [-0.25, -0.2) is 0 Å². The Hall–Kier alpha value is 0.150. The molecule has 0 rings (SSSR count). The van der Waals surface area contributed by atoms with Crippen molar-refractivity contribution >= 4 is 8.96 Å². The SMILES string of the molecule is COP[NH+]([O-])OOON. The lowest BCUT2D eigenvalue weighted by Crippen LogP contribution is -2.97. The number of rotatable bonds is 5. The Morgan fingerprint density at radius 3 is 2.78 bits per heavy atom. The maximum Gasteiger partial charge on any atom is 0.274 e. The highest BCUT2D eigenvalue weighted by atomic mass is 31.1. The minimum Gasteiger partial charge on any atom is -0.595 e. The quantitative estimate of drug-likeness (QED) is 0.278. The summed E-state index contributed by atoms with van der Waals surface area (Å²) in [6.07, 6.45) is 0. The lowest BCUT2D eigenvalue weighted by Gasteiger charge is -2.12. The van der Waals surface area contributed by atoms with Crippen molar-refractivity contribution in [3.05, 3.63) is 5.21 Å². The monoisotopic (exact) mass is 158 g/mol. The Morgan fingerprint density at radius 2 is 2.33 bits per heavy atom. The molecular formula is CH7N2O5P. The zero-order valence-corrected chi connectivity index (χ0v) is 5.62. The van der Waals surface area contributed by atoms with Crippen molar-refractivity contribution in [3.63, 3.8) is 0 Å². The largest absolute Gasteiger partial charge is 0.595 e. The van der Waals surface area contributed by atoms with Gasteiger partial charge in [-0.05, 0) is 0 Å². The van der Waals surface area contributed by atoms with Crippen LogP contribution >= 0.6 is 8.96 Å². The molecule has 3 N–H and O–H groups in total. The Kier molecular flexibility index (Phi) is 6.38. The summed E-state index contributed by atoms with van der Waals surface area (Å²) in [7, 11) is 0.927. The van der Waals surface area contributed by atoms with Gasteiger partial charge in [0.1, 0.15) is 0 Å². The highest BCUT2D eigenvalue weighted by molar-refractivity contribution is 7.24. The van der Waals surface area contributed by atoms with E-state index in [-0.39, 0.29) is 0 Å². The molecule has 0 radical (unpaired) electrons. The third-order valence-electron chi connectivity index (χ3n) is 0.334. The Labute approximate surface area is 52.9 Å². The zero-order chi connectivity index (χ0) is 7.11. The first-order chi connectivity index (χ1) is 4.31. The number of nitrogens with one attached hydrogen (secondary N) is 1. The van der Waals surface area contributed by atoms with Gasteiger partial charge in [0, 0.05) is 17.1 Å². The van der Waals surface area contributed by atoms with Gasteiger partial charge in [0.05, 0.1) is 0 Å². The third kappa shape index (κ3) is 6.03. The van der Waals surface area contributed by atoms with Gasteiger partial charge in [0.2, 0.25) is 0 Å². The lowest BCUT2D eigenvalue weighted by molar-refractivity contribution is -1.04. The molecule has 0 spiro atoms. The molecule has 0 aromatic carbocycles. The first kappa shape index (κ1) is 9.15. The van der Waals surface area contributed by atoms with E-state index in [2.05, 4.69) is 25.4 Å². The second-order valence-electron chi connectivity index (χ2n) is 0.841. The van der Waals surface area contributed by atoms with Gasteiger partial charge in [0.15, 0.2) is 0 Å². The molecule has 0 fully saturated rings. The summed E-state index contributed by atoms with van der Waals surface area (Å²) in [5.74, 6) is 4.34. The van der Waals surface area contributed by atoms with Crippen molar-refractivity contribution in [1.29, 1.82) is 0 Å². The van der Waals surface area contributed by atoms with Gasteiger partial charge in [-0.3, -0.25) is 0 Å². The minimum atomic E-state index is -0.692. The molecule has 0 aromatic heterocycles. The summed E-state index contributed by atoms with van der Waals surface area (Å²) >= 11 is 0. The topological polar surface area (TPSA) is 90.4 Å². The molecule has 0 aliphatic rings. The molecule has 56 valence electrons. The average molecular weight is 158 g/mol. The lowest BCUT2D eigenvalue weighted by atomic mass is 11.8. The molecule has 2 atom stereocenters. The molecule has 9 heavy (non-hydrogen) atoms. The molecule has 0 saturated carbocycles. The molecular weight excluding hydrogens is 151 g/mol. The van der Waals surface area contributed by atoms with Crippen molar-refractivity contribution in [2.45, 2.75) is 0 Å². The first-order valence-electron chi connectivity index (χ1n) is 1.84. The molecule has 2 unspecified atom stereocenters. The number of nitrogens with two attached hydrogens (primary N) is 1. The van der Waals surface area contributed by atoms with Gasteiger partial charge in [-0.2, -0.15) is 10.9 Å². The van der Waals surface area contributed by atoms with E-state index in [0.29, 0.717) is 0 Å². The summed E-state index contributed by atoms with van der Waals surface area (Å²) in [6, 6.07) is 0. The van der Waals surface area contributed by atoms with E-state index < -0.39 is 14.0 Å². The van der Waals surface area contributed by atoms with Crippen molar-refractivity contribution in [3.8, 4) is 0 Å². The molecule has 0 bridgehead atoms. The normalized spacial score (nSPS) is 15.0. The van der Waals surface area contributed by atoms with Crippen LogP contribution in [0.2, 0.25) is 0 Å². The molecule has 0 aromatic rings. The van der Waals surface area contributed by atoms with Crippen molar-refractivity contribution in [2.75, 3.05) is 7.11 Å². The third-order valence-corrected chi connectivity index (χ3v) is 0.789. The second kappa shape index (κ2) is 6.27. The van der Waals surface area contributed by atoms with Crippen LogP contribution in [0.1, 0.15) is 0 Å². The van der Waals surface area contributed by atoms with E-state index in [1.54, 1.807) is 0 Å². The summed E-state index contributed by atoms with van der Waals surface area (Å²) in [4.78, 5) is 6.61.